The third-order valence-corrected chi connectivity index (χ3v) is 5.08. The fraction of sp³-hybridized carbons (Fsp3) is 0.875. The number of rotatable bonds is 4. The zero-order valence-corrected chi connectivity index (χ0v) is 12.8. The number of aliphatic carboxylic acids is 1. The second-order valence-electron chi connectivity index (χ2n) is 6.98. The first kappa shape index (κ1) is 16.3. The molecule has 2 fully saturated rings. The van der Waals surface area contributed by atoms with E-state index in [0.29, 0.717) is 12.8 Å². The molecule has 0 radical (unpaired) electrons. The molecule has 3 unspecified atom stereocenters. The molecule has 120 valence electrons. The highest BCUT2D eigenvalue weighted by Crippen LogP contribution is 2.36. The van der Waals surface area contributed by atoms with Crippen molar-refractivity contribution in [3.63, 3.8) is 0 Å². The molecule has 0 bridgehead atoms. The number of aliphatic hydroxyl groups is 1. The van der Waals surface area contributed by atoms with E-state index in [1.54, 1.807) is 0 Å². The lowest BCUT2D eigenvalue weighted by molar-refractivity contribution is -0.146. The van der Waals surface area contributed by atoms with Crippen LogP contribution < -0.4 is 5.32 Å². The molecule has 1 amide bonds. The lowest BCUT2D eigenvalue weighted by Gasteiger charge is -2.28. The molecular formula is C16H27NO4. The van der Waals surface area contributed by atoms with Gasteiger partial charge in [-0.05, 0) is 31.6 Å². The van der Waals surface area contributed by atoms with Gasteiger partial charge in [0.1, 0.15) is 0 Å². The maximum absolute atomic E-state index is 12.3. The van der Waals surface area contributed by atoms with E-state index in [-0.39, 0.29) is 18.4 Å². The molecule has 0 aliphatic heterocycles. The van der Waals surface area contributed by atoms with Gasteiger partial charge in [-0.2, -0.15) is 0 Å². The minimum atomic E-state index is -0.882. The van der Waals surface area contributed by atoms with Crippen LogP contribution >= 0.6 is 0 Å². The summed E-state index contributed by atoms with van der Waals surface area (Å²) in [5, 5.41) is 22.6. The van der Waals surface area contributed by atoms with Crippen molar-refractivity contribution in [3.8, 4) is 0 Å². The molecule has 0 heterocycles. The summed E-state index contributed by atoms with van der Waals surface area (Å²) in [4.78, 5) is 23.5. The minimum absolute atomic E-state index is 0.204. The molecule has 0 aromatic heterocycles. The summed E-state index contributed by atoms with van der Waals surface area (Å²) in [5.74, 6) is -1.85. The molecule has 2 aliphatic carbocycles. The molecule has 2 aliphatic rings. The SMILES string of the molecule is CC1CC(C(=O)O)C(C(=O)NCC2(O)CCCCCC2)C1. The van der Waals surface area contributed by atoms with Crippen molar-refractivity contribution >= 4 is 11.9 Å². The van der Waals surface area contributed by atoms with Gasteiger partial charge in [-0.25, -0.2) is 0 Å². The average Bonchev–Trinajstić information content (AvgIpc) is 2.69. The van der Waals surface area contributed by atoms with Crippen LogP contribution in [0.25, 0.3) is 0 Å². The van der Waals surface area contributed by atoms with Crippen LogP contribution in [0.4, 0.5) is 0 Å². The third-order valence-electron chi connectivity index (χ3n) is 5.08. The summed E-state index contributed by atoms with van der Waals surface area (Å²) in [6.07, 6.45) is 6.89. The monoisotopic (exact) mass is 297 g/mol. The van der Waals surface area contributed by atoms with E-state index in [2.05, 4.69) is 5.32 Å². The number of carboxylic acids is 1. The van der Waals surface area contributed by atoms with Gasteiger partial charge in [0.25, 0.3) is 0 Å². The van der Waals surface area contributed by atoms with Crippen LogP contribution in [0.3, 0.4) is 0 Å². The van der Waals surface area contributed by atoms with Crippen LogP contribution in [-0.4, -0.2) is 34.2 Å². The molecule has 3 atom stereocenters. The van der Waals surface area contributed by atoms with Crippen LogP contribution in [0.1, 0.15) is 58.3 Å². The molecule has 21 heavy (non-hydrogen) atoms. The number of carbonyl (C=O) groups excluding carboxylic acids is 1. The number of hydrogen-bond donors (Lipinski definition) is 3. The predicted octanol–water partition coefficient (Wildman–Crippen LogP) is 1.93. The molecule has 0 aromatic carbocycles. The van der Waals surface area contributed by atoms with E-state index in [1.165, 1.54) is 0 Å². The van der Waals surface area contributed by atoms with Crippen LogP contribution in [0.5, 0.6) is 0 Å². The predicted molar refractivity (Wildman–Crippen MR) is 78.7 cm³/mol. The molecule has 2 saturated carbocycles. The van der Waals surface area contributed by atoms with Crippen LogP contribution in [0.2, 0.25) is 0 Å². The molecule has 5 heteroatoms. The fourth-order valence-corrected chi connectivity index (χ4v) is 3.80. The summed E-state index contributed by atoms with van der Waals surface area (Å²) in [6.45, 7) is 2.24. The van der Waals surface area contributed by atoms with Crippen LogP contribution in [0, 0.1) is 17.8 Å². The first-order valence-electron chi connectivity index (χ1n) is 8.14. The fourth-order valence-electron chi connectivity index (χ4n) is 3.80. The van der Waals surface area contributed by atoms with E-state index in [1.807, 2.05) is 6.92 Å². The quantitative estimate of drug-likeness (QED) is 0.692. The van der Waals surface area contributed by atoms with Crippen LogP contribution in [0.15, 0.2) is 0 Å². The van der Waals surface area contributed by atoms with Crippen LogP contribution in [-0.2, 0) is 9.59 Å². The zero-order valence-electron chi connectivity index (χ0n) is 12.8. The van der Waals surface area contributed by atoms with E-state index in [4.69, 9.17) is 0 Å². The number of hydrogen-bond acceptors (Lipinski definition) is 3. The molecule has 3 N–H and O–H groups in total. The van der Waals surface area contributed by atoms with Gasteiger partial charge in [0.15, 0.2) is 0 Å². The second-order valence-corrected chi connectivity index (χ2v) is 6.98. The highest BCUT2D eigenvalue weighted by molar-refractivity contribution is 5.85. The van der Waals surface area contributed by atoms with Crippen molar-refractivity contribution in [2.75, 3.05) is 6.54 Å². The maximum Gasteiger partial charge on any atom is 0.307 e. The smallest absolute Gasteiger partial charge is 0.307 e. The Morgan fingerprint density at radius 3 is 2.24 bits per heavy atom. The van der Waals surface area contributed by atoms with Gasteiger partial charge < -0.3 is 15.5 Å². The van der Waals surface area contributed by atoms with Crippen molar-refractivity contribution < 1.29 is 19.8 Å². The van der Waals surface area contributed by atoms with Gasteiger partial charge in [-0.15, -0.1) is 0 Å². The van der Waals surface area contributed by atoms with Crippen molar-refractivity contribution in [2.24, 2.45) is 17.8 Å². The molecular weight excluding hydrogens is 270 g/mol. The first-order chi connectivity index (χ1) is 9.91. The molecule has 5 nitrogen and oxygen atoms in total. The summed E-state index contributed by atoms with van der Waals surface area (Å²) in [5.41, 5.74) is -0.810. The molecule has 0 saturated heterocycles. The number of carbonyl (C=O) groups is 2. The Morgan fingerprint density at radius 2 is 1.67 bits per heavy atom. The number of amides is 1. The van der Waals surface area contributed by atoms with Crippen molar-refractivity contribution in [3.05, 3.63) is 0 Å². The lowest BCUT2D eigenvalue weighted by Crippen LogP contribution is -2.45. The van der Waals surface area contributed by atoms with Gasteiger partial charge >= 0.3 is 5.97 Å². The van der Waals surface area contributed by atoms with E-state index >= 15 is 0 Å². The van der Waals surface area contributed by atoms with Gasteiger partial charge in [0.05, 0.1) is 17.4 Å². The Morgan fingerprint density at radius 1 is 1.10 bits per heavy atom. The summed E-state index contributed by atoms with van der Waals surface area (Å²) < 4.78 is 0. The summed E-state index contributed by atoms with van der Waals surface area (Å²) in [7, 11) is 0. The highest BCUT2D eigenvalue weighted by Gasteiger charge is 2.41. The van der Waals surface area contributed by atoms with Gasteiger partial charge in [0.2, 0.25) is 5.91 Å². The Bertz CT molecular complexity index is 388. The molecule has 0 aromatic rings. The number of nitrogens with one attached hydrogen (secondary N) is 1. The van der Waals surface area contributed by atoms with E-state index < -0.39 is 23.4 Å². The molecule has 2 rings (SSSR count). The van der Waals surface area contributed by atoms with Crippen molar-refractivity contribution in [1.29, 1.82) is 0 Å². The Balaban J connectivity index is 1.90. The largest absolute Gasteiger partial charge is 0.481 e. The van der Waals surface area contributed by atoms with E-state index in [0.717, 1.165) is 38.5 Å². The average molecular weight is 297 g/mol. The third kappa shape index (κ3) is 4.19. The van der Waals surface area contributed by atoms with Crippen molar-refractivity contribution in [2.45, 2.75) is 63.9 Å². The lowest BCUT2D eigenvalue weighted by atomic mass is 9.92. The van der Waals surface area contributed by atoms with Crippen molar-refractivity contribution in [1.82, 2.24) is 5.32 Å². The zero-order chi connectivity index (χ0) is 15.5. The second kappa shape index (κ2) is 6.77. The Labute approximate surface area is 126 Å². The highest BCUT2D eigenvalue weighted by atomic mass is 16.4. The van der Waals surface area contributed by atoms with Gasteiger partial charge in [0, 0.05) is 6.54 Å². The topological polar surface area (TPSA) is 86.6 Å². The summed E-state index contributed by atoms with van der Waals surface area (Å²) >= 11 is 0. The van der Waals surface area contributed by atoms with E-state index in [9.17, 15) is 19.8 Å². The Kier molecular flexibility index (Phi) is 5.25. The maximum atomic E-state index is 12.3. The normalized spacial score (nSPS) is 32.4. The van der Waals surface area contributed by atoms with Gasteiger partial charge in [-0.3, -0.25) is 9.59 Å². The van der Waals surface area contributed by atoms with Gasteiger partial charge in [-0.1, -0.05) is 32.6 Å². The standard InChI is InChI=1S/C16H27NO4/c1-11-8-12(13(9-11)15(19)20)14(18)17-10-16(21)6-4-2-3-5-7-16/h11-13,21H,2-10H2,1H3,(H,17,18)(H,19,20). The Hall–Kier alpha value is -1.10. The number of carboxylic acid groups (broad SMARTS) is 1. The first-order valence-corrected chi connectivity index (χ1v) is 8.14. The molecule has 0 spiro atoms. The summed E-state index contributed by atoms with van der Waals surface area (Å²) in [6, 6.07) is 0. The minimum Gasteiger partial charge on any atom is -0.481 e.